The van der Waals surface area contributed by atoms with Crippen molar-refractivity contribution in [2.24, 2.45) is 0 Å². The highest BCUT2D eigenvalue weighted by atomic mass is 32.1. The van der Waals surface area contributed by atoms with E-state index in [4.69, 9.17) is 0 Å². The molecule has 0 saturated carbocycles. The molecule has 0 aliphatic rings. The topological polar surface area (TPSA) is 80.1 Å². The number of rotatable bonds is 6. The Kier molecular flexibility index (Phi) is 6.00. The first-order valence-corrected chi connectivity index (χ1v) is 9.67. The number of thiazole rings is 1. The van der Waals surface area contributed by atoms with Gasteiger partial charge in [-0.1, -0.05) is 18.2 Å². The minimum absolute atomic E-state index is 0.129. The van der Waals surface area contributed by atoms with E-state index in [1.165, 1.54) is 24.3 Å². The summed E-state index contributed by atoms with van der Waals surface area (Å²) in [4.78, 5) is 30.3. The summed E-state index contributed by atoms with van der Waals surface area (Å²) in [7, 11) is 0. The van der Waals surface area contributed by atoms with Crippen molar-refractivity contribution < 1.29 is 9.59 Å². The Labute approximate surface area is 167 Å². The standard InChI is InChI=1S/C20H21N5O2S/c1-14(2)25-18(11-12-21-25)23-19(27)10-9-16-13-28-20(22-16)24(15(3)26)17-7-5-4-6-8-17/h4-14H,1-3H3,(H,23,27). The highest BCUT2D eigenvalue weighted by molar-refractivity contribution is 7.14. The van der Waals surface area contributed by atoms with Crippen LogP contribution in [0.4, 0.5) is 16.6 Å². The maximum atomic E-state index is 12.2. The lowest BCUT2D eigenvalue weighted by Crippen LogP contribution is -2.22. The molecular formula is C20H21N5O2S. The van der Waals surface area contributed by atoms with E-state index in [-0.39, 0.29) is 17.9 Å². The zero-order valence-electron chi connectivity index (χ0n) is 15.9. The molecule has 0 atom stereocenters. The van der Waals surface area contributed by atoms with Gasteiger partial charge in [-0.15, -0.1) is 11.3 Å². The minimum Gasteiger partial charge on any atom is -0.307 e. The molecule has 1 aromatic carbocycles. The normalized spacial score (nSPS) is 11.1. The van der Waals surface area contributed by atoms with Crippen molar-refractivity contribution in [2.75, 3.05) is 10.2 Å². The van der Waals surface area contributed by atoms with E-state index in [2.05, 4.69) is 15.4 Å². The Morgan fingerprint density at radius 3 is 2.64 bits per heavy atom. The molecule has 144 valence electrons. The van der Waals surface area contributed by atoms with Crippen LogP contribution in [-0.4, -0.2) is 26.6 Å². The summed E-state index contributed by atoms with van der Waals surface area (Å²) >= 11 is 1.34. The van der Waals surface area contributed by atoms with Crippen molar-refractivity contribution in [1.82, 2.24) is 14.8 Å². The van der Waals surface area contributed by atoms with Gasteiger partial charge in [-0.05, 0) is 32.1 Å². The summed E-state index contributed by atoms with van der Waals surface area (Å²) in [6, 6.07) is 11.2. The Hall–Kier alpha value is -3.26. The number of nitrogens with zero attached hydrogens (tertiary/aromatic N) is 4. The van der Waals surface area contributed by atoms with Crippen LogP contribution in [0.3, 0.4) is 0 Å². The zero-order valence-corrected chi connectivity index (χ0v) is 16.7. The van der Waals surface area contributed by atoms with Gasteiger partial charge in [0.1, 0.15) is 5.82 Å². The van der Waals surface area contributed by atoms with Crippen LogP contribution in [0, 0.1) is 0 Å². The molecular weight excluding hydrogens is 374 g/mol. The highest BCUT2D eigenvalue weighted by Crippen LogP contribution is 2.29. The number of amides is 2. The third-order valence-corrected chi connectivity index (χ3v) is 4.69. The molecule has 0 aliphatic carbocycles. The summed E-state index contributed by atoms with van der Waals surface area (Å²) in [5.74, 6) is 0.231. The fourth-order valence-electron chi connectivity index (χ4n) is 2.61. The molecule has 2 amide bonds. The van der Waals surface area contributed by atoms with Gasteiger partial charge in [0.2, 0.25) is 11.8 Å². The Bertz CT molecular complexity index is 991. The first-order valence-electron chi connectivity index (χ1n) is 8.79. The van der Waals surface area contributed by atoms with Crippen molar-refractivity contribution in [2.45, 2.75) is 26.8 Å². The third-order valence-electron chi connectivity index (χ3n) is 3.85. The van der Waals surface area contributed by atoms with Gasteiger partial charge in [-0.25, -0.2) is 9.67 Å². The number of para-hydroxylation sites is 1. The number of nitrogens with one attached hydrogen (secondary N) is 1. The fraction of sp³-hybridized carbons (Fsp3) is 0.200. The summed E-state index contributed by atoms with van der Waals surface area (Å²) in [5.41, 5.74) is 1.36. The lowest BCUT2D eigenvalue weighted by atomic mass is 10.3. The summed E-state index contributed by atoms with van der Waals surface area (Å²) in [6.45, 7) is 5.47. The molecule has 8 heteroatoms. The Morgan fingerprint density at radius 2 is 1.96 bits per heavy atom. The average Bonchev–Trinajstić information content (AvgIpc) is 3.30. The van der Waals surface area contributed by atoms with Crippen LogP contribution in [-0.2, 0) is 9.59 Å². The molecule has 7 nitrogen and oxygen atoms in total. The number of anilines is 3. The van der Waals surface area contributed by atoms with Crippen LogP contribution in [0.5, 0.6) is 0 Å². The molecule has 0 fully saturated rings. The molecule has 1 N–H and O–H groups in total. The first-order chi connectivity index (χ1) is 13.5. The predicted molar refractivity (Wildman–Crippen MR) is 112 cm³/mol. The van der Waals surface area contributed by atoms with E-state index < -0.39 is 0 Å². The second kappa shape index (κ2) is 8.62. The van der Waals surface area contributed by atoms with Crippen molar-refractivity contribution >= 4 is 45.9 Å². The Balaban J connectivity index is 1.72. The second-order valence-electron chi connectivity index (χ2n) is 6.32. The van der Waals surface area contributed by atoms with Gasteiger partial charge >= 0.3 is 0 Å². The zero-order chi connectivity index (χ0) is 20.1. The van der Waals surface area contributed by atoms with Gasteiger partial charge in [0.25, 0.3) is 0 Å². The smallest absolute Gasteiger partial charge is 0.249 e. The molecule has 0 saturated heterocycles. The van der Waals surface area contributed by atoms with E-state index in [1.54, 1.807) is 33.3 Å². The van der Waals surface area contributed by atoms with Gasteiger partial charge < -0.3 is 5.32 Å². The van der Waals surface area contributed by atoms with Crippen LogP contribution in [0.25, 0.3) is 6.08 Å². The number of carbonyl (C=O) groups is 2. The molecule has 0 spiro atoms. The Morgan fingerprint density at radius 1 is 1.21 bits per heavy atom. The number of hydrogen-bond donors (Lipinski definition) is 1. The number of carbonyl (C=O) groups excluding carboxylic acids is 2. The van der Waals surface area contributed by atoms with Gasteiger partial charge in [0, 0.05) is 30.5 Å². The SMILES string of the molecule is CC(=O)N(c1ccccc1)c1nc(C=CC(=O)Nc2ccnn2C(C)C)cs1. The van der Waals surface area contributed by atoms with E-state index in [1.807, 2.05) is 44.2 Å². The van der Waals surface area contributed by atoms with Crippen LogP contribution in [0.2, 0.25) is 0 Å². The summed E-state index contributed by atoms with van der Waals surface area (Å²) in [5, 5.41) is 9.34. The van der Waals surface area contributed by atoms with E-state index in [0.29, 0.717) is 16.6 Å². The molecule has 0 unspecified atom stereocenters. The van der Waals surface area contributed by atoms with Gasteiger partial charge in [0.05, 0.1) is 17.6 Å². The van der Waals surface area contributed by atoms with Crippen LogP contribution in [0.1, 0.15) is 32.5 Å². The van der Waals surface area contributed by atoms with Gasteiger partial charge in [-0.3, -0.25) is 14.5 Å². The first kappa shape index (κ1) is 19.5. The molecule has 0 radical (unpaired) electrons. The predicted octanol–water partition coefficient (Wildman–Crippen LogP) is 4.26. The molecule has 0 aliphatic heterocycles. The van der Waals surface area contributed by atoms with Crippen molar-refractivity contribution in [3.8, 4) is 0 Å². The second-order valence-corrected chi connectivity index (χ2v) is 7.16. The van der Waals surface area contributed by atoms with E-state index in [0.717, 1.165) is 5.69 Å². The van der Waals surface area contributed by atoms with Crippen molar-refractivity contribution in [1.29, 1.82) is 0 Å². The average molecular weight is 395 g/mol. The van der Waals surface area contributed by atoms with Crippen LogP contribution >= 0.6 is 11.3 Å². The van der Waals surface area contributed by atoms with E-state index in [9.17, 15) is 9.59 Å². The number of benzene rings is 1. The van der Waals surface area contributed by atoms with Crippen molar-refractivity contribution in [3.63, 3.8) is 0 Å². The molecule has 3 aromatic rings. The maximum absolute atomic E-state index is 12.2. The highest BCUT2D eigenvalue weighted by Gasteiger charge is 2.17. The number of hydrogen-bond acceptors (Lipinski definition) is 5. The lowest BCUT2D eigenvalue weighted by Gasteiger charge is -2.17. The number of aromatic nitrogens is 3. The van der Waals surface area contributed by atoms with Gasteiger partial charge in [0.15, 0.2) is 5.13 Å². The third kappa shape index (κ3) is 4.52. The lowest BCUT2D eigenvalue weighted by molar-refractivity contribution is -0.116. The summed E-state index contributed by atoms with van der Waals surface area (Å²) in [6.07, 6.45) is 4.68. The minimum atomic E-state index is -0.275. The van der Waals surface area contributed by atoms with Crippen molar-refractivity contribution in [3.05, 3.63) is 59.7 Å². The molecule has 2 aromatic heterocycles. The quantitative estimate of drug-likeness (QED) is 0.633. The van der Waals surface area contributed by atoms with Gasteiger partial charge in [-0.2, -0.15) is 5.10 Å². The molecule has 28 heavy (non-hydrogen) atoms. The van der Waals surface area contributed by atoms with Crippen LogP contribution in [0.15, 0.2) is 54.1 Å². The van der Waals surface area contributed by atoms with Crippen LogP contribution < -0.4 is 10.2 Å². The fourth-order valence-corrected chi connectivity index (χ4v) is 3.47. The maximum Gasteiger partial charge on any atom is 0.249 e. The molecule has 3 rings (SSSR count). The molecule has 2 heterocycles. The summed E-state index contributed by atoms with van der Waals surface area (Å²) < 4.78 is 1.73. The monoisotopic (exact) mass is 395 g/mol. The largest absolute Gasteiger partial charge is 0.307 e. The van der Waals surface area contributed by atoms with E-state index >= 15 is 0 Å². The molecule has 0 bridgehead atoms.